The molecule has 21 heavy (non-hydrogen) atoms. The van der Waals surface area contributed by atoms with Crippen molar-refractivity contribution in [3.05, 3.63) is 29.5 Å². The lowest BCUT2D eigenvalue weighted by molar-refractivity contribution is -0.108. The lowest BCUT2D eigenvalue weighted by Gasteiger charge is -2.40. The van der Waals surface area contributed by atoms with Gasteiger partial charge in [-0.1, -0.05) is 12.2 Å². The molecule has 1 saturated carbocycles. The van der Waals surface area contributed by atoms with E-state index in [1.165, 1.54) is 0 Å². The molecule has 5 heteroatoms. The van der Waals surface area contributed by atoms with Crippen LogP contribution in [0.5, 0.6) is 0 Å². The molecule has 0 spiro atoms. The molecule has 0 bridgehead atoms. The Morgan fingerprint density at radius 3 is 2.71 bits per heavy atom. The first-order valence-electron chi connectivity index (χ1n) is 7.09. The predicted molar refractivity (Wildman–Crippen MR) is 81.2 cm³/mol. The summed E-state index contributed by atoms with van der Waals surface area (Å²) in [6, 6.07) is 0. The van der Waals surface area contributed by atoms with Gasteiger partial charge in [0.2, 0.25) is 0 Å². The van der Waals surface area contributed by atoms with E-state index in [2.05, 4.69) is 12.3 Å². The second-order valence-corrected chi connectivity index (χ2v) is 7.14. The Hall–Kier alpha value is -0.610. The van der Waals surface area contributed by atoms with Crippen molar-refractivity contribution < 1.29 is 20.1 Å². The maximum absolute atomic E-state index is 10.8. The van der Waals surface area contributed by atoms with Crippen LogP contribution in [0.4, 0.5) is 0 Å². The van der Waals surface area contributed by atoms with Crippen molar-refractivity contribution in [1.82, 2.24) is 0 Å². The van der Waals surface area contributed by atoms with E-state index in [0.717, 1.165) is 5.57 Å². The minimum absolute atomic E-state index is 0.198. The number of alkyl halides is 1. The summed E-state index contributed by atoms with van der Waals surface area (Å²) in [5, 5.41) is 30.3. The Morgan fingerprint density at radius 1 is 1.57 bits per heavy atom. The molecule has 5 atom stereocenters. The highest BCUT2D eigenvalue weighted by molar-refractivity contribution is 6.22. The summed E-state index contributed by atoms with van der Waals surface area (Å²) in [5.41, 5.74) is 1.96. The van der Waals surface area contributed by atoms with Crippen LogP contribution >= 0.6 is 11.6 Å². The summed E-state index contributed by atoms with van der Waals surface area (Å²) in [6.07, 6.45) is 0.134. The fourth-order valence-electron chi connectivity index (χ4n) is 2.85. The molecular weight excluding hydrogens is 292 g/mol. The van der Waals surface area contributed by atoms with Gasteiger partial charge in [-0.05, 0) is 26.8 Å². The Labute approximate surface area is 130 Å². The molecule has 0 aromatic carbocycles. The summed E-state index contributed by atoms with van der Waals surface area (Å²) in [5.74, 6) is 0. The summed E-state index contributed by atoms with van der Waals surface area (Å²) < 4.78 is 5.80. The first kappa shape index (κ1) is 16.8. The molecule has 1 saturated heterocycles. The van der Waals surface area contributed by atoms with E-state index in [1.807, 2.05) is 6.92 Å². The van der Waals surface area contributed by atoms with Crippen LogP contribution in [0.1, 0.15) is 33.6 Å². The fraction of sp³-hybridized carbons (Fsp3) is 0.688. The molecule has 2 aliphatic rings. The van der Waals surface area contributed by atoms with Gasteiger partial charge in [-0.3, -0.25) is 0 Å². The summed E-state index contributed by atoms with van der Waals surface area (Å²) in [6.45, 7) is 8.84. The average molecular weight is 315 g/mol. The second kappa shape index (κ2) is 5.54. The van der Waals surface area contributed by atoms with Gasteiger partial charge in [0.1, 0.15) is 11.7 Å². The van der Waals surface area contributed by atoms with E-state index in [0.29, 0.717) is 12.0 Å². The largest absolute Gasteiger partial charge is 0.388 e. The van der Waals surface area contributed by atoms with E-state index < -0.39 is 34.9 Å². The van der Waals surface area contributed by atoms with Crippen molar-refractivity contribution in [3.63, 3.8) is 0 Å². The third-order valence-electron chi connectivity index (χ3n) is 4.21. The minimum atomic E-state index is -1.35. The topological polar surface area (TPSA) is 69.9 Å². The summed E-state index contributed by atoms with van der Waals surface area (Å²) in [7, 11) is 0. The number of aliphatic hydroxyl groups is 3. The average Bonchev–Trinajstić information content (AvgIpc) is 2.70. The van der Waals surface area contributed by atoms with Crippen LogP contribution in [-0.4, -0.2) is 50.2 Å². The van der Waals surface area contributed by atoms with Gasteiger partial charge in [0.05, 0.1) is 23.2 Å². The molecule has 2 rings (SSSR count). The van der Waals surface area contributed by atoms with Gasteiger partial charge in [-0.25, -0.2) is 0 Å². The predicted octanol–water partition coefficient (Wildman–Crippen LogP) is 1.68. The fourth-order valence-corrected chi connectivity index (χ4v) is 3.24. The van der Waals surface area contributed by atoms with Gasteiger partial charge in [0, 0.05) is 18.4 Å². The Kier molecular flexibility index (Phi) is 4.42. The van der Waals surface area contributed by atoms with Gasteiger partial charge in [0.15, 0.2) is 0 Å². The summed E-state index contributed by atoms with van der Waals surface area (Å²) >= 11 is 6.28. The molecule has 4 nitrogen and oxygen atoms in total. The Bertz CT molecular complexity index is 501. The van der Waals surface area contributed by atoms with E-state index >= 15 is 0 Å². The number of hydrogen-bond donors (Lipinski definition) is 3. The highest BCUT2D eigenvalue weighted by Crippen LogP contribution is 2.47. The molecule has 0 radical (unpaired) electrons. The summed E-state index contributed by atoms with van der Waals surface area (Å²) in [4.78, 5) is 0. The van der Waals surface area contributed by atoms with Crippen LogP contribution < -0.4 is 0 Å². The first-order chi connectivity index (χ1) is 9.55. The van der Waals surface area contributed by atoms with Crippen molar-refractivity contribution in [1.29, 1.82) is 0 Å². The van der Waals surface area contributed by atoms with Crippen LogP contribution in [0.3, 0.4) is 0 Å². The molecule has 0 aromatic heterocycles. The second-order valence-electron chi connectivity index (χ2n) is 6.67. The van der Waals surface area contributed by atoms with Crippen molar-refractivity contribution in [2.45, 2.75) is 68.5 Å². The van der Waals surface area contributed by atoms with Crippen LogP contribution in [0.2, 0.25) is 0 Å². The Morgan fingerprint density at radius 2 is 2.19 bits per heavy atom. The maximum atomic E-state index is 10.8. The number of rotatable bonds is 2. The van der Waals surface area contributed by atoms with Crippen LogP contribution in [0.15, 0.2) is 29.5 Å². The van der Waals surface area contributed by atoms with Gasteiger partial charge in [0.25, 0.3) is 0 Å². The number of halogens is 1. The molecule has 1 aliphatic carbocycles. The molecule has 1 aliphatic heterocycles. The smallest absolute Gasteiger partial charge is 0.113 e. The van der Waals surface area contributed by atoms with Gasteiger partial charge >= 0.3 is 0 Å². The molecular formula is C16H23ClO4. The van der Waals surface area contributed by atoms with Gasteiger partial charge in [-0.2, -0.15) is 0 Å². The third-order valence-corrected chi connectivity index (χ3v) is 4.82. The van der Waals surface area contributed by atoms with Crippen molar-refractivity contribution in [2.75, 3.05) is 0 Å². The first-order valence-corrected chi connectivity index (χ1v) is 7.52. The zero-order valence-corrected chi connectivity index (χ0v) is 13.4. The monoisotopic (exact) mass is 314 g/mol. The van der Waals surface area contributed by atoms with Crippen molar-refractivity contribution >= 4 is 11.6 Å². The molecule has 2 fully saturated rings. The normalized spacial score (nSPS) is 39.7. The third kappa shape index (κ3) is 3.11. The highest BCUT2D eigenvalue weighted by Gasteiger charge is 2.59. The number of aliphatic hydroxyl groups excluding tert-OH is 1. The number of fused-ring (bicyclic) bond motifs is 1. The lowest BCUT2D eigenvalue weighted by atomic mass is 9.75. The van der Waals surface area contributed by atoms with E-state index in [-0.39, 0.29) is 6.42 Å². The van der Waals surface area contributed by atoms with Crippen LogP contribution in [-0.2, 0) is 4.74 Å². The molecule has 3 N–H and O–H groups in total. The molecule has 0 aromatic rings. The number of hydrogen-bond acceptors (Lipinski definition) is 4. The highest BCUT2D eigenvalue weighted by atomic mass is 35.5. The Balaban J connectivity index is 2.32. The van der Waals surface area contributed by atoms with Crippen molar-refractivity contribution in [2.24, 2.45) is 0 Å². The number of allylic oxidation sites excluding steroid dienone is 1. The van der Waals surface area contributed by atoms with Crippen LogP contribution in [0.25, 0.3) is 0 Å². The quantitative estimate of drug-likeness (QED) is 0.412. The zero-order valence-electron chi connectivity index (χ0n) is 12.6. The van der Waals surface area contributed by atoms with Crippen molar-refractivity contribution in [3.8, 4) is 0 Å². The molecule has 0 unspecified atom stereocenters. The lowest BCUT2D eigenvalue weighted by Crippen LogP contribution is -2.56. The van der Waals surface area contributed by atoms with E-state index in [4.69, 9.17) is 16.3 Å². The minimum Gasteiger partial charge on any atom is -0.388 e. The SMILES string of the molecule is C=C(C)C=C=C1C[C@@H]2O[C@@H](C(C)(C)O)C[C@@]2(O)[C@@H](Cl)[C@H]1O. The van der Waals surface area contributed by atoms with Crippen LogP contribution in [0, 0.1) is 0 Å². The molecule has 0 amide bonds. The van der Waals surface area contributed by atoms with Gasteiger partial charge in [-0.15, -0.1) is 17.3 Å². The maximum Gasteiger partial charge on any atom is 0.113 e. The van der Waals surface area contributed by atoms with Gasteiger partial charge < -0.3 is 20.1 Å². The zero-order chi connectivity index (χ0) is 16.0. The molecule has 1 heterocycles. The van der Waals surface area contributed by atoms with E-state index in [9.17, 15) is 15.3 Å². The van der Waals surface area contributed by atoms with E-state index in [1.54, 1.807) is 19.9 Å². The number of ether oxygens (including phenoxy) is 1. The standard InChI is InChI=1S/C16H23ClO4/c1-9(2)5-6-10-7-11-16(20,14(17)13(10)18)8-12(21-11)15(3,4)19/h5,11-14,18-20H,1,7-8H2,2-4H3/t6?,11-,12+,13-,14-,16-/m0/s1. The molecule has 118 valence electrons.